The molecule has 9 heteroatoms. The summed E-state index contributed by atoms with van der Waals surface area (Å²) in [6.07, 6.45) is -0.431. The highest BCUT2D eigenvalue weighted by molar-refractivity contribution is 7.90. The molecule has 1 aliphatic rings. The summed E-state index contributed by atoms with van der Waals surface area (Å²) in [6, 6.07) is 3.40. The average Bonchev–Trinajstić information content (AvgIpc) is 2.71. The highest BCUT2D eigenvalue weighted by Gasteiger charge is 2.31. The van der Waals surface area contributed by atoms with Crippen molar-refractivity contribution in [3.63, 3.8) is 0 Å². The Kier molecular flexibility index (Phi) is 3.13. The van der Waals surface area contributed by atoms with Gasteiger partial charge in [-0.2, -0.15) is 13.2 Å². The first kappa shape index (κ1) is 14.8. The summed E-state index contributed by atoms with van der Waals surface area (Å²) < 4.78 is 62.8. The topological polar surface area (TPSA) is 64.8 Å². The fraction of sp³-hybridized carbons (Fsp3) is 0.231. The van der Waals surface area contributed by atoms with E-state index in [-0.39, 0.29) is 11.6 Å². The van der Waals surface area contributed by atoms with Crippen molar-refractivity contribution in [2.24, 2.45) is 0 Å². The SMILES string of the molecule is CS(=O)(=O)c1nnc2n1C=Cc1cc(C(F)(F)F)ccc1C2. The Morgan fingerprint density at radius 2 is 1.95 bits per heavy atom. The van der Waals surface area contributed by atoms with E-state index in [1.165, 1.54) is 22.9 Å². The van der Waals surface area contributed by atoms with E-state index in [1.807, 2.05) is 0 Å². The number of aromatic nitrogens is 3. The van der Waals surface area contributed by atoms with Crippen LogP contribution < -0.4 is 0 Å². The van der Waals surface area contributed by atoms with E-state index in [0.29, 0.717) is 17.0 Å². The van der Waals surface area contributed by atoms with Gasteiger partial charge < -0.3 is 0 Å². The molecule has 0 fully saturated rings. The van der Waals surface area contributed by atoms with Crippen molar-refractivity contribution in [2.75, 3.05) is 6.26 Å². The largest absolute Gasteiger partial charge is 0.416 e. The van der Waals surface area contributed by atoms with Gasteiger partial charge in [0.25, 0.3) is 5.16 Å². The van der Waals surface area contributed by atoms with E-state index >= 15 is 0 Å². The highest BCUT2D eigenvalue weighted by atomic mass is 32.2. The second-order valence-corrected chi connectivity index (χ2v) is 6.85. The molecule has 0 spiro atoms. The van der Waals surface area contributed by atoms with E-state index in [4.69, 9.17) is 0 Å². The van der Waals surface area contributed by atoms with Gasteiger partial charge in [-0.25, -0.2) is 8.42 Å². The molecule has 0 amide bonds. The van der Waals surface area contributed by atoms with Gasteiger partial charge in [0, 0.05) is 18.9 Å². The van der Waals surface area contributed by atoms with Gasteiger partial charge in [0.15, 0.2) is 0 Å². The third kappa shape index (κ3) is 2.52. The van der Waals surface area contributed by atoms with Gasteiger partial charge in [-0.3, -0.25) is 4.57 Å². The second-order valence-electron chi connectivity index (χ2n) is 4.94. The van der Waals surface area contributed by atoms with Gasteiger partial charge in [0.1, 0.15) is 5.82 Å². The molecule has 1 aromatic heterocycles. The van der Waals surface area contributed by atoms with Crippen LogP contribution in [-0.4, -0.2) is 29.4 Å². The van der Waals surface area contributed by atoms with Crippen LogP contribution in [0.5, 0.6) is 0 Å². The fourth-order valence-electron chi connectivity index (χ4n) is 2.24. The van der Waals surface area contributed by atoms with E-state index < -0.39 is 21.6 Å². The molecule has 2 heterocycles. The molecule has 0 radical (unpaired) electrons. The molecule has 3 rings (SSSR count). The number of alkyl halides is 3. The highest BCUT2D eigenvalue weighted by Crippen LogP contribution is 2.32. The van der Waals surface area contributed by atoms with Gasteiger partial charge in [-0.15, -0.1) is 10.2 Å². The maximum Gasteiger partial charge on any atom is 0.416 e. The van der Waals surface area contributed by atoms with Crippen LogP contribution in [0.4, 0.5) is 13.2 Å². The predicted octanol–water partition coefficient (Wildman–Crippen LogP) is 2.23. The standard InChI is InChI=1S/C13H10F3N3O2S/c1-22(20,21)12-18-17-11-7-8-2-3-10(13(14,15)16)6-9(8)4-5-19(11)12/h2-6H,7H2,1H3. The molecule has 0 atom stereocenters. The molecule has 0 saturated heterocycles. The van der Waals surface area contributed by atoms with Crippen LogP contribution in [0, 0.1) is 0 Å². The Bertz CT molecular complexity index is 882. The van der Waals surface area contributed by atoms with Crippen molar-refractivity contribution >= 4 is 22.1 Å². The summed E-state index contributed by atoms with van der Waals surface area (Å²) in [5.41, 5.74) is 0.243. The lowest BCUT2D eigenvalue weighted by atomic mass is 10.0. The molecule has 0 aliphatic carbocycles. The molecule has 0 N–H and O–H groups in total. The number of fused-ring (bicyclic) bond motifs is 2. The van der Waals surface area contributed by atoms with Crippen molar-refractivity contribution in [3.8, 4) is 0 Å². The van der Waals surface area contributed by atoms with E-state index in [1.54, 1.807) is 0 Å². The van der Waals surface area contributed by atoms with Crippen LogP contribution in [0.1, 0.15) is 22.5 Å². The molecule has 2 aromatic rings. The third-order valence-electron chi connectivity index (χ3n) is 3.29. The molecule has 0 unspecified atom stereocenters. The Balaban J connectivity index is 2.12. The average molecular weight is 329 g/mol. The quantitative estimate of drug-likeness (QED) is 0.687. The molecule has 116 valence electrons. The summed E-state index contributed by atoms with van der Waals surface area (Å²) in [5, 5.41) is 7.21. The van der Waals surface area contributed by atoms with Crippen LogP contribution >= 0.6 is 0 Å². The summed E-state index contributed by atoms with van der Waals surface area (Å²) in [5.74, 6) is 0.357. The van der Waals surface area contributed by atoms with Crippen LogP contribution in [0.2, 0.25) is 0 Å². The lowest BCUT2D eigenvalue weighted by molar-refractivity contribution is -0.137. The van der Waals surface area contributed by atoms with Crippen LogP contribution in [0.25, 0.3) is 12.3 Å². The number of benzene rings is 1. The van der Waals surface area contributed by atoms with Crippen LogP contribution in [-0.2, 0) is 22.4 Å². The fourth-order valence-corrected chi connectivity index (χ4v) is 2.96. The number of sulfone groups is 1. The molecule has 0 bridgehead atoms. The third-order valence-corrected chi connectivity index (χ3v) is 4.23. The van der Waals surface area contributed by atoms with Crippen LogP contribution in [0.3, 0.4) is 0 Å². The molecule has 1 aliphatic heterocycles. The molecule has 0 saturated carbocycles. The minimum Gasteiger partial charge on any atom is -0.277 e. The number of halogens is 3. The smallest absolute Gasteiger partial charge is 0.277 e. The summed E-state index contributed by atoms with van der Waals surface area (Å²) >= 11 is 0. The van der Waals surface area contributed by atoms with Crippen LogP contribution in [0.15, 0.2) is 23.4 Å². The zero-order valence-corrected chi connectivity index (χ0v) is 12.1. The minimum absolute atomic E-state index is 0.197. The number of rotatable bonds is 1. The first-order valence-corrected chi connectivity index (χ1v) is 8.07. The van der Waals surface area contributed by atoms with Crippen molar-refractivity contribution in [1.29, 1.82) is 0 Å². The number of hydrogen-bond acceptors (Lipinski definition) is 4. The van der Waals surface area contributed by atoms with E-state index in [9.17, 15) is 21.6 Å². The molecular formula is C13H10F3N3O2S. The second kappa shape index (κ2) is 4.67. The zero-order chi connectivity index (χ0) is 16.1. The molecule has 5 nitrogen and oxygen atoms in total. The predicted molar refractivity (Wildman–Crippen MR) is 72.6 cm³/mol. The normalized spacial score (nSPS) is 14.4. The van der Waals surface area contributed by atoms with Crippen molar-refractivity contribution < 1.29 is 21.6 Å². The Morgan fingerprint density at radius 3 is 2.59 bits per heavy atom. The lowest BCUT2D eigenvalue weighted by Crippen LogP contribution is -2.07. The maximum absolute atomic E-state index is 12.8. The lowest BCUT2D eigenvalue weighted by Gasteiger charge is -2.09. The number of nitrogens with zero attached hydrogens (tertiary/aromatic N) is 3. The van der Waals surface area contributed by atoms with Crippen molar-refractivity contribution in [2.45, 2.75) is 17.8 Å². The van der Waals surface area contributed by atoms with Gasteiger partial charge >= 0.3 is 6.18 Å². The number of hydrogen-bond donors (Lipinski definition) is 0. The monoisotopic (exact) mass is 329 g/mol. The van der Waals surface area contributed by atoms with Gasteiger partial charge in [-0.1, -0.05) is 6.07 Å². The Hall–Kier alpha value is -2.16. The molecule has 1 aromatic carbocycles. The summed E-state index contributed by atoms with van der Waals surface area (Å²) in [7, 11) is -3.58. The minimum atomic E-state index is -4.43. The first-order valence-electron chi connectivity index (χ1n) is 6.18. The van der Waals surface area contributed by atoms with Gasteiger partial charge in [0.05, 0.1) is 5.56 Å². The van der Waals surface area contributed by atoms with Crippen molar-refractivity contribution in [3.05, 3.63) is 40.7 Å². The Morgan fingerprint density at radius 1 is 1.23 bits per heavy atom. The maximum atomic E-state index is 12.8. The van der Waals surface area contributed by atoms with E-state index in [2.05, 4.69) is 10.2 Å². The molecular weight excluding hydrogens is 319 g/mol. The summed E-state index contributed by atoms with van der Waals surface area (Å²) in [4.78, 5) is 0. The van der Waals surface area contributed by atoms with Gasteiger partial charge in [0.2, 0.25) is 9.84 Å². The van der Waals surface area contributed by atoms with Gasteiger partial charge in [-0.05, 0) is 29.3 Å². The first-order chi connectivity index (χ1) is 10.2. The Labute approximate surface area is 124 Å². The zero-order valence-electron chi connectivity index (χ0n) is 11.3. The molecule has 22 heavy (non-hydrogen) atoms. The summed E-state index contributed by atoms with van der Waals surface area (Å²) in [6.45, 7) is 0. The van der Waals surface area contributed by atoms with E-state index in [0.717, 1.165) is 18.4 Å². The van der Waals surface area contributed by atoms with Crippen molar-refractivity contribution in [1.82, 2.24) is 14.8 Å².